The van der Waals surface area contributed by atoms with E-state index in [0.717, 1.165) is 33.3 Å². The van der Waals surface area contributed by atoms with Gasteiger partial charge in [0.2, 0.25) is 0 Å². The molecule has 0 radical (unpaired) electrons. The molecule has 7 nitrogen and oxygen atoms in total. The van der Waals surface area contributed by atoms with Crippen molar-refractivity contribution in [3.05, 3.63) is 101 Å². The molecular weight excluding hydrogens is 454 g/mol. The van der Waals surface area contributed by atoms with Gasteiger partial charge in [-0.1, -0.05) is 48.0 Å². The quantitative estimate of drug-likeness (QED) is 0.325. The smallest absolute Gasteiger partial charge is 0.338 e. The number of imide groups is 1. The van der Waals surface area contributed by atoms with Crippen molar-refractivity contribution in [1.82, 2.24) is 9.88 Å². The molecule has 2 aliphatic rings. The van der Waals surface area contributed by atoms with Gasteiger partial charge in [-0.05, 0) is 55.3 Å². The lowest BCUT2D eigenvalue weighted by Gasteiger charge is -2.36. The van der Waals surface area contributed by atoms with Gasteiger partial charge in [0, 0.05) is 23.0 Å². The number of aryl methyl sites for hydroxylation is 1. The zero-order valence-electron chi connectivity index (χ0n) is 20.0. The fourth-order valence-corrected chi connectivity index (χ4v) is 5.37. The average Bonchev–Trinajstić information content (AvgIpc) is 3.38. The summed E-state index contributed by atoms with van der Waals surface area (Å²) in [5.74, 6) is -0.706. The second-order valence-electron chi connectivity index (χ2n) is 9.23. The number of amides is 3. The third-order valence-electron chi connectivity index (χ3n) is 7.08. The SMILES string of the molecule is CCOC(=O)c1ccc(N2C(=O)[C@@H]3Cc4c([nH]c5ccccc45)[C@@H](c4ccc(C)cc4)N3C2=O)cc1. The second-order valence-corrected chi connectivity index (χ2v) is 9.23. The highest BCUT2D eigenvalue weighted by Gasteiger charge is 2.53. The number of nitrogens with zero attached hydrogens (tertiary/aromatic N) is 2. The first-order valence-electron chi connectivity index (χ1n) is 12.1. The summed E-state index contributed by atoms with van der Waals surface area (Å²) < 4.78 is 5.05. The summed E-state index contributed by atoms with van der Waals surface area (Å²) >= 11 is 0. The van der Waals surface area contributed by atoms with Gasteiger partial charge in [0.05, 0.1) is 17.9 Å². The summed E-state index contributed by atoms with van der Waals surface area (Å²) in [5.41, 5.74) is 5.87. The zero-order chi connectivity index (χ0) is 25.0. The minimum Gasteiger partial charge on any atom is -0.462 e. The molecule has 1 saturated heterocycles. The molecule has 0 aliphatic carbocycles. The Bertz CT molecular complexity index is 1500. The molecule has 36 heavy (non-hydrogen) atoms. The molecule has 6 rings (SSSR count). The molecule has 4 aromatic rings. The van der Waals surface area contributed by atoms with E-state index in [1.165, 1.54) is 4.90 Å². The first-order chi connectivity index (χ1) is 17.5. The van der Waals surface area contributed by atoms with Crippen LogP contribution in [0.25, 0.3) is 10.9 Å². The number of hydrogen-bond acceptors (Lipinski definition) is 4. The molecule has 2 aliphatic heterocycles. The molecule has 2 atom stereocenters. The Hall–Kier alpha value is -4.39. The summed E-state index contributed by atoms with van der Waals surface area (Å²) in [4.78, 5) is 46.1. The van der Waals surface area contributed by atoms with Crippen LogP contribution >= 0.6 is 0 Å². The van der Waals surface area contributed by atoms with Crippen LogP contribution < -0.4 is 4.90 Å². The first-order valence-corrected chi connectivity index (χ1v) is 12.1. The molecule has 7 heteroatoms. The number of aromatic nitrogens is 1. The van der Waals surface area contributed by atoms with E-state index in [2.05, 4.69) is 11.1 Å². The Morgan fingerprint density at radius 2 is 1.72 bits per heavy atom. The number of rotatable bonds is 4. The molecule has 3 heterocycles. The summed E-state index contributed by atoms with van der Waals surface area (Å²) in [5, 5.41) is 1.07. The van der Waals surface area contributed by atoms with Gasteiger partial charge < -0.3 is 9.72 Å². The number of hydrogen-bond donors (Lipinski definition) is 1. The van der Waals surface area contributed by atoms with E-state index in [9.17, 15) is 14.4 Å². The third-order valence-corrected chi connectivity index (χ3v) is 7.08. The lowest BCUT2D eigenvalue weighted by molar-refractivity contribution is -0.120. The number of anilines is 1. The zero-order valence-corrected chi connectivity index (χ0v) is 20.0. The molecule has 0 saturated carbocycles. The van der Waals surface area contributed by atoms with Gasteiger partial charge in [0.25, 0.3) is 5.91 Å². The number of aromatic amines is 1. The van der Waals surface area contributed by atoms with Gasteiger partial charge in [-0.2, -0.15) is 0 Å². The predicted octanol–water partition coefficient (Wildman–Crippen LogP) is 5.14. The maximum absolute atomic E-state index is 13.9. The van der Waals surface area contributed by atoms with E-state index in [0.29, 0.717) is 17.7 Å². The molecule has 1 fully saturated rings. The van der Waals surface area contributed by atoms with Crippen LogP contribution in [0.4, 0.5) is 10.5 Å². The number of carbonyl (C=O) groups is 3. The lowest BCUT2D eigenvalue weighted by atomic mass is 9.88. The minimum absolute atomic E-state index is 0.267. The standard InChI is InChI=1S/C29H25N3O4/c1-3-36-28(34)19-12-14-20(15-13-19)31-27(33)24-16-22-21-6-4-5-7-23(21)30-25(22)26(32(24)29(31)35)18-10-8-17(2)9-11-18/h4-15,24,26,30H,3,16H2,1-2H3/t24-,26+/m0/s1. The van der Waals surface area contributed by atoms with Gasteiger partial charge >= 0.3 is 12.0 Å². The molecule has 1 aromatic heterocycles. The van der Waals surface area contributed by atoms with E-state index in [-0.39, 0.29) is 18.5 Å². The van der Waals surface area contributed by atoms with E-state index >= 15 is 0 Å². The van der Waals surface area contributed by atoms with Gasteiger partial charge in [-0.3, -0.25) is 9.69 Å². The minimum atomic E-state index is -0.625. The van der Waals surface area contributed by atoms with Crippen LogP contribution in [0.1, 0.15) is 45.7 Å². The molecule has 0 unspecified atom stereocenters. The predicted molar refractivity (Wildman–Crippen MR) is 136 cm³/mol. The number of ether oxygens (including phenoxy) is 1. The first kappa shape index (κ1) is 22.1. The van der Waals surface area contributed by atoms with Crippen LogP contribution in [0.2, 0.25) is 0 Å². The van der Waals surface area contributed by atoms with Crippen molar-refractivity contribution >= 4 is 34.5 Å². The van der Waals surface area contributed by atoms with Crippen molar-refractivity contribution in [3.63, 3.8) is 0 Å². The fraction of sp³-hybridized carbons (Fsp3) is 0.207. The molecule has 3 amide bonds. The monoisotopic (exact) mass is 479 g/mol. The highest BCUT2D eigenvalue weighted by molar-refractivity contribution is 6.22. The number of benzene rings is 3. The van der Waals surface area contributed by atoms with Crippen LogP contribution in [-0.2, 0) is 16.0 Å². The Kier molecular flexibility index (Phi) is 5.14. The van der Waals surface area contributed by atoms with Gasteiger partial charge in [-0.15, -0.1) is 0 Å². The highest BCUT2D eigenvalue weighted by Crippen LogP contribution is 2.44. The number of H-pyrrole nitrogens is 1. The van der Waals surface area contributed by atoms with Crippen LogP contribution in [0.3, 0.4) is 0 Å². The number of nitrogens with one attached hydrogen (secondary N) is 1. The number of para-hydroxylation sites is 1. The second kappa shape index (κ2) is 8.37. The largest absolute Gasteiger partial charge is 0.462 e. The Morgan fingerprint density at radius 1 is 1.00 bits per heavy atom. The molecule has 0 bridgehead atoms. The van der Waals surface area contributed by atoms with E-state index in [1.54, 1.807) is 36.1 Å². The molecule has 180 valence electrons. The Morgan fingerprint density at radius 3 is 2.44 bits per heavy atom. The van der Waals surface area contributed by atoms with Gasteiger partial charge in [0.1, 0.15) is 12.1 Å². The molecule has 0 spiro atoms. The molecule has 3 aromatic carbocycles. The van der Waals surface area contributed by atoms with E-state index in [1.807, 2.05) is 49.4 Å². The van der Waals surface area contributed by atoms with Gasteiger partial charge in [0.15, 0.2) is 0 Å². The van der Waals surface area contributed by atoms with Crippen molar-refractivity contribution in [2.45, 2.75) is 32.4 Å². The number of esters is 1. The van der Waals surface area contributed by atoms with Crippen molar-refractivity contribution in [1.29, 1.82) is 0 Å². The third kappa shape index (κ3) is 3.31. The van der Waals surface area contributed by atoms with E-state index in [4.69, 9.17) is 4.74 Å². The highest BCUT2D eigenvalue weighted by atomic mass is 16.5. The van der Waals surface area contributed by atoms with Gasteiger partial charge in [-0.25, -0.2) is 14.5 Å². The van der Waals surface area contributed by atoms with Crippen LogP contribution in [0.15, 0.2) is 72.8 Å². The number of urea groups is 1. The Balaban J connectivity index is 1.44. The maximum Gasteiger partial charge on any atom is 0.338 e. The van der Waals surface area contributed by atoms with Crippen molar-refractivity contribution in [2.75, 3.05) is 11.5 Å². The lowest BCUT2D eigenvalue weighted by Crippen LogP contribution is -2.44. The summed E-state index contributed by atoms with van der Waals surface area (Å²) in [6.07, 6.45) is 0.434. The normalized spacial score (nSPS) is 18.9. The van der Waals surface area contributed by atoms with Crippen molar-refractivity contribution in [2.24, 2.45) is 0 Å². The van der Waals surface area contributed by atoms with Crippen LogP contribution in [0.5, 0.6) is 0 Å². The van der Waals surface area contributed by atoms with Crippen molar-refractivity contribution in [3.8, 4) is 0 Å². The summed E-state index contributed by atoms with van der Waals surface area (Å²) in [6.45, 7) is 4.04. The van der Waals surface area contributed by atoms with Crippen LogP contribution in [-0.4, -0.2) is 40.4 Å². The summed E-state index contributed by atoms with van der Waals surface area (Å²) in [6, 6.07) is 21.1. The fourth-order valence-electron chi connectivity index (χ4n) is 5.37. The average molecular weight is 480 g/mol. The summed E-state index contributed by atoms with van der Waals surface area (Å²) in [7, 11) is 0. The Labute approximate surface area is 208 Å². The van der Waals surface area contributed by atoms with Crippen molar-refractivity contribution < 1.29 is 19.1 Å². The number of fused-ring (bicyclic) bond motifs is 4. The molecular formula is C29H25N3O4. The topological polar surface area (TPSA) is 82.7 Å². The van der Waals surface area contributed by atoms with Crippen LogP contribution in [0, 0.1) is 6.92 Å². The molecule has 1 N–H and O–H groups in total. The maximum atomic E-state index is 13.9. The van der Waals surface area contributed by atoms with E-state index < -0.39 is 18.1 Å². The number of carbonyl (C=O) groups excluding carboxylic acids is 3.